The van der Waals surface area contributed by atoms with Gasteiger partial charge in [-0.15, -0.1) is 0 Å². The lowest BCUT2D eigenvalue weighted by molar-refractivity contribution is 0.0758. The van der Waals surface area contributed by atoms with Gasteiger partial charge >= 0.3 is 0 Å². The van der Waals surface area contributed by atoms with Crippen molar-refractivity contribution in [2.75, 3.05) is 26.2 Å². The molecule has 140 valence electrons. The third-order valence-electron chi connectivity index (χ3n) is 4.86. The average molecular weight is 366 g/mol. The Labute approximate surface area is 156 Å². The number of hydrogen-bond acceptors (Lipinski definition) is 5. The van der Waals surface area contributed by atoms with Gasteiger partial charge in [-0.2, -0.15) is 0 Å². The molecule has 4 heterocycles. The van der Waals surface area contributed by atoms with Crippen LogP contribution in [0.2, 0.25) is 0 Å². The fourth-order valence-corrected chi connectivity index (χ4v) is 3.48. The van der Waals surface area contributed by atoms with Gasteiger partial charge in [-0.25, -0.2) is 9.50 Å². The lowest BCUT2D eigenvalue weighted by atomic mass is 10.2. The molecule has 27 heavy (non-hydrogen) atoms. The fraction of sp³-hybridized carbons (Fsp3) is 0.368. The molecule has 1 fully saturated rings. The highest BCUT2D eigenvalue weighted by atomic mass is 16.2. The molecule has 0 radical (unpaired) electrons. The van der Waals surface area contributed by atoms with E-state index in [2.05, 4.69) is 26.0 Å². The topological polar surface area (TPSA) is 86.6 Å². The van der Waals surface area contributed by atoms with Crippen LogP contribution in [0, 0.1) is 6.92 Å². The Balaban J connectivity index is 1.48. The van der Waals surface area contributed by atoms with E-state index in [4.69, 9.17) is 0 Å². The summed E-state index contributed by atoms with van der Waals surface area (Å²) in [5, 5.41) is 2.93. The van der Waals surface area contributed by atoms with Gasteiger partial charge in [-0.1, -0.05) is 6.07 Å². The molecular weight excluding hydrogens is 344 g/mol. The molecule has 3 aromatic rings. The van der Waals surface area contributed by atoms with E-state index in [1.807, 2.05) is 19.2 Å². The number of rotatable bonds is 3. The molecule has 1 amide bonds. The molecular formula is C19H22N6O2. The number of amides is 1. The average Bonchev–Trinajstić information content (AvgIpc) is 2.91. The van der Waals surface area contributed by atoms with Gasteiger partial charge in [0, 0.05) is 63.1 Å². The van der Waals surface area contributed by atoms with Crippen molar-refractivity contribution in [2.45, 2.75) is 19.9 Å². The number of fused-ring (bicyclic) bond motifs is 1. The van der Waals surface area contributed by atoms with Gasteiger partial charge in [0.2, 0.25) is 0 Å². The van der Waals surface area contributed by atoms with E-state index in [1.165, 1.54) is 10.7 Å². The number of aryl methyl sites for hydroxylation is 1. The van der Waals surface area contributed by atoms with Crippen LogP contribution in [-0.4, -0.2) is 61.5 Å². The second-order valence-electron chi connectivity index (χ2n) is 6.89. The Kier molecular flexibility index (Phi) is 4.72. The smallest absolute Gasteiger partial charge is 0.285 e. The number of carbonyl (C=O) groups excluding carboxylic acids is 1. The quantitative estimate of drug-likeness (QED) is 0.749. The Hall–Kier alpha value is -3.00. The number of pyridine rings is 1. The first-order valence-corrected chi connectivity index (χ1v) is 9.10. The Morgan fingerprint density at radius 3 is 2.93 bits per heavy atom. The van der Waals surface area contributed by atoms with E-state index < -0.39 is 0 Å². The molecule has 0 unspecified atom stereocenters. The van der Waals surface area contributed by atoms with E-state index >= 15 is 0 Å². The minimum absolute atomic E-state index is 0.107. The molecule has 3 aromatic heterocycles. The van der Waals surface area contributed by atoms with Crippen molar-refractivity contribution in [3.8, 4) is 0 Å². The molecule has 0 aromatic carbocycles. The first kappa shape index (κ1) is 17.4. The number of nitrogens with zero attached hydrogens (tertiary/aromatic N) is 5. The lowest BCUT2D eigenvalue weighted by Gasteiger charge is -2.21. The number of H-pyrrole nitrogens is 1. The molecule has 1 aliphatic heterocycles. The van der Waals surface area contributed by atoms with Crippen molar-refractivity contribution < 1.29 is 4.79 Å². The third-order valence-corrected chi connectivity index (χ3v) is 4.86. The van der Waals surface area contributed by atoms with Gasteiger partial charge in [0.25, 0.3) is 11.5 Å². The Bertz CT molecular complexity index is 1010. The summed E-state index contributed by atoms with van der Waals surface area (Å²) in [5.41, 5.74) is 2.26. The summed E-state index contributed by atoms with van der Waals surface area (Å²) in [6.07, 6.45) is 5.89. The molecule has 0 atom stereocenters. The number of carbonyl (C=O) groups is 1. The predicted octanol–water partition coefficient (Wildman–Crippen LogP) is 1.07. The maximum absolute atomic E-state index is 12.9. The molecule has 0 spiro atoms. The molecule has 1 saturated heterocycles. The van der Waals surface area contributed by atoms with Crippen LogP contribution >= 0.6 is 0 Å². The summed E-state index contributed by atoms with van der Waals surface area (Å²) in [6, 6.07) is 5.76. The monoisotopic (exact) mass is 366 g/mol. The summed E-state index contributed by atoms with van der Waals surface area (Å²) in [6.45, 7) is 5.55. The molecule has 0 aliphatic carbocycles. The first-order valence-electron chi connectivity index (χ1n) is 9.10. The molecule has 0 saturated carbocycles. The van der Waals surface area contributed by atoms with Crippen LogP contribution in [0.3, 0.4) is 0 Å². The summed E-state index contributed by atoms with van der Waals surface area (Å²) in [5.74, 6) is -0.252. The van der Waals surface area contributed by atoms with Crippen LogP contribution in [0.25, 0.3) is 5.65 Å². The summed E-state index contributed by atoms with van der Waals surface area (Å²) < 4.78 is 1.33. The third kappa shape index (κ3) is 3.61. The van der Waals surface area contributed by atoms with E-state index in [-0.39, 0.29) is 17.0 Å². The molecule has 4 rings (SSSR count). The van der Waals surface area contributed by atoms with Crippen LogP contribution < -0.4 is 5.56 Å². The van der Waals surface area contributed by atoms with Crippen LogP contribution in [0.15, 0.2) is 41.6 Å². The highest BCUT2D eigenvalue weighted by Gasteiger charge is 2.23. The van der Waals surface area contributed by atoms with E-state index in [0.29, 0.717) is 18.7 Å². The number of aromatic amines is 1. The van der Waals surface area contributed by atoms with E-state index in [1.54, 1.807) is 17.2 Å². The molecule has 1 N–H and O–H groups in total. The SMILES string of the molecule is Cc1cc2ncc(C(=O)N3CCCN(Cc4cccnc4)CC3)c(=O)n2[nH]1. The second-order valence-corrected chi connectivity index (χ2v) is 6.89. The van der Waals surface area contributed by atoms with Gasteiger partial charge in [-0.3, -0.25) is 24.6 Å². The molecule has 8 nitrogen and oxygen atoms in total. The van der Waals surface area contributed by atoms with Crippen molar-refractivity contribution in [3.63, 3.8) is 0 Å². The normalized spacial score (nSPS) is 15.8. The predicted molar refractivity (Wildman–Crippen MR) is 101 cm³/mol. The van der Waals surface area contributed by atoms with Crippen molar-refractivity contribution in [2.24, 2.45) is 0 Å². The van der Waals surface area contributed by atoms with Gasteiger partial charge < -0.3 is 4.90 Å². The second kappa shape index (κ2) is 7.32. The largest absolute Gasteiger partial charge is 0.337 e. The first-order chi connectivity index (χ1) is 13.1. The van der Waals surface area contributed by atoms with Crippen molar-refractivity contribution in [1.29, 1.82) is 0 Å². The van der Waals surface area contributed by atoms with Crippen LogP contribution in [-0.2, 0) is 6.54 Å². The maximum atomic E-state index is 12.9. The highest BCUT2D eigenvalue weighted by Crippen LogP contribution is 2.10. The fourth-order valence-electron chi connectivity index (χ4n) is 3.48. The Morgan fingerprint density at radius 1 is 1.22 bits per heavy atom. The number of nitrogens with one attached hydrogen (secondary N) is 1. The van der Waals surface area contributed by atoms with Gasteiger partial charge in [0.05, 0.1) is 0 Å². The molecule has 0 bridgehead atoms. The maximum Gasteiger partial charge on any atom is 0.285 e. The summed E-state index contributed by atoms with van der Waals surface area (Å²) >= 11 is 0. The van der Waals surface area contributed by atoms with Crippen molar-refractivity contribution in [3.05, 3.63) is 64.0 Å². The summed E-state index contributed by atoms with van der Waals surface area (Å²) in [4.78, 5) is 38.0. The van der Waals surface area contributed by atoms with Crippen LogP contribution in [0.4, 0.5) is 0 Å². The highest BCUT2D eigenvalue weighted by molar-refractivity contribution is 5.93. The van der Waals surface area contributed by atoms with Crippen LogP contribution in [0.5, 0.6) is 0 Å². The number of aromatic nitrogens is 4. The van der Waals surface area contributed by atoms with Crippen LogP contribution in [0.1, 0.15) is 28.0 Å². The van der Waals surface area contributed by atoms with Crippen molar-refractivity contribution in [1.82, 2.24) is 29.4 Å². The van der Waals surface area contributed by atoms with Gasteiger partial charge in [0.1, 0.15) is 5.56 Å². The minimum Gasteiger partial charge on any atom is -0.337 e. The zero-order valence-electron chi connectivity index (χ0n) is 15.3. The molecule has 1 aliphatic rings. The summed E-state index contributed by atoms with van der Waals surface area (Å²) in [7, 11) is 0. The Morgan fingerprint density at radius 2 is 2.11 bits per heavy atom. The zero-order valence-corrected chi connectivity index (χ0v) is 15.3. The van der Waals surface area contributed by atoms with E-state index in [9.17, 15) is 9.59 Å². The standard InChI is InChI=1S/C19H22N6O2/c1-14-10-17-21-12-16(19(27)25(17)22-14)18(26)24-7-3-6-23(8-9-24)13-15-4-2-5-20-11-15/h2,4-5,10-12,22H,3,6-9,13H2,1H3. The van der Waals surface area contributed by atoms with Crippen molar-refractivity contribution >= 4 is 11.6 Å². The number of hydrogen-bond donors (Lipinski definition) is 1. The van der Waals surface area contributed by atoms with E-state index in [0.717, 1.165) is 37.3 Å². The lowest BCUT2D eigenvalue weighted by Crippen LogP contribution is -2.38. The molecule has 8 heteroatoms. The zero-order chi connectivity index (χ0) is 18.8. The minimum atomic E-state index is -0.352. The van der Waals surface area contributed by atoms with Gasteiger partial charge in [-0.05, 0) is 25.0 Å². The van der Waals surface area contributed by atoms with Gasteiger partial charge in [0.15, 0.2) is 5.65 Å².